The van der Waals surface area contributed by atoms with Crippen LogP contribution in [0.3, 0.4) is 0 Å². The molecule has 0 aromatic carbocycles. The molecule has 6 heterocycles. The molecule has 6 rings (SSSR count). The Morgan fingerprint density at radius 3 is 1.86 bits per heavy atom. The number of rotatable bonds is 4. The topological polar surface area (TPSA) is 112 Å². The van der Waals surface area contributed by atoms with Gasteiger partial charge in [-0.1, -0.05) is 27.7 Å². The first-order valence-electron chi connectivity index (χ1n) is 11.1. The zero-order valence-corrected chi connectivity index (χ0v) is 21.2. The summed E-state index contributed by atoms with van der Waals surface area (Å²) in [6, 6.07) is 7.74. The maximum Gasteiger partial charge on any atom is 0.182 e. The molecule has 0 N–H and O–H groups in total. The van der Waals surface area contributed by atoms with Crippen molar-refractivity contribution in [3.63, 3.8) is 0 Å². The monoisotopic (exact) mass is 534 g/mol. The number of pyridine rings is 2. The maximum atomic E-state index is 5.36. The number of fused-ring (bicyclic) bond motifs is 2. The van der Waals surface area contributed by atoms with E-state index in [4.69, 9.17) is 8.83 Å². The van der Waals surface area contributed by atoms with Gasteiger partial charge in [-0.2, -0.15) is 0 Å². The van der Waals surface area contributed by atoms with Crippen LogP contribution in [-0.2, 0) is 0 Å². The van der Waals surface area contributed by atoms with E-state index in [0.717, 1.165) is 39.8 Å². The van der Waals surface area contributed by atoms with Gasteiger partial charge in [-0.25, -0.2) is 9.97 Å². The van der Waals surface area contributed by atoms with Gasteiger partial charge >= 0.3 is 0 Å². The molecule has 0 unspecified atom stereocenters. The van der Waals surface area contributed by atoms with Crippen LogP contribution in [0.1, 0.15) is 51.2 Å². The van der Waals surface area contributed by atoms with Crippen LogP contribution in [0.15, 0.2) is 69.1 Å². The lowest BCUT2D eigenvalue weighted by molar-refractivity contribution is 0.571. The van der Waals surface area contributed by atoms with Crippen molar-refractivity contribution < 1.29 is 8.83 Å². The van der Waals surface area contributed by atoms with Crippen LogP contribution in [0.2, 0.25) is 0 Å². The normalized spacial score (nSPS) is 11.5. The van der Waals surface area contributed by atoms with E-state index < -0.39 is 0 Å². The molecule has 0 saturated heterocycles. The summed E-state index contributed by atoms with van der Waals surface area (Å²) >= 11 is 3.36. The third-order valence-electron chi connectivity index (χ3n) is 5.39. The minimum Gasteiger partial charge on any atom is -0.443 e. The fourth-order valence-corrected chi connectivity index (χ4v) is 4.07. The second-order valence-corrected chi connectivity index (χ2v) is 9.31. The highest BCUT2D eigenvalue weighted by molar-refractivity contribution is 9.10. The SMILES string of the molecule is CC(C)c1nnc2ccc(-c3cnco3)cn12.CC(C)c1nnc2ccc(-c3ocnc3Br)cn12. The van der Waals surface area contributed by atoms with E-state index >= 15 is 0 Å². The van der Waals surface area contributed by atoms with Crippen molar-refractivity contribution in [1.29, 1.82) is 0 Å². The Bertz CT molecular complexity index is 1580. The van der Waals surface area contributed by atoms with Gasteiger partial charge in [0.15, 0.2) is 40.2 Å². The standard InChI is InChI=1S/C12H11BrN4O.C12H12N4O/c1-7(2)12-16-15-9-4-3-8(5-17(9)12)10-11(13)14-6-18-10;1-8(2)12-15-14-11-4-3-9(6-16(11)12)10-5-13-7-17-10/h3-7H,1-2H3;3-8H,1-2H3. The molecule has 6 aromatic rings. The van der Waals surface area contributed by atoms with Crippen molar-refractivity contribution in [2.75, 3.05) is 0 Å². The van der Waals surface area contributed by atoms with Gasteiger partial charge in [-0.05, 0) is 40.2 Å². The van der Waals surface area contributed by atoms with Gasteiger partial charge in [0.25, 0.3) is 0 Å². The molecule has 0 radical (unpaired) electrons. The Morgan fingerprint density at radius 1 is 0.743 bits per heavy atom. The summed E-state index contributed by atoms with van der Waals surface area (Å²) in [4.78, 5) is 7.94. The Labute approximate surface area is 209 Å². The van der Waals surface area contributed by atoms with Crippen LogP contribution in [0.5, 0.6) is 0 Å². The van der Waals surface area contributed by atoms with Crippen molar-refractivity contribution in [3.05, 3.63) is 71.9 Å². The average molecular weight is 535 g/mol. The van der Waals surface area contributed by atoms with Crippen LogP contribution < -0.4 is 0 Å². The average Bonchev–Trinajstić information content (AvgIpc) is 3.64. The maximum absolute atomic E-state index is 5.36. The lowest BCUT2D eigenvalue weighted by Gasteiger charge is -2.04. The quantitative estimate of drug-likeness (QED) is 0.279. The molecule has 0 bridgehead atoms. The summed E-state index contributed by atoms with van der Waals surface area (Å²) in [6.07, 6.45) is 8.48. The Kier molecular flexibility index (Phi) is 6.16. The summed E-state index contributed by atoms with van der Waals surface area (Å²) in [5.41, 5.74) is 3.58. The third kappa shape index (κ3) is 4.46. The Hall–Kier alpha value is -3.86. The zero-order chi connectivity index (χ0) is 24.5. The largest absolute Gasteiger partial charge is 0.443 e. The van der Waals surface area contributed by atoms with Crippen molar-refractivity contribution in [2.24, 2.45) is 0 Å². The van der Waals surface area contributed by atoms with Gasteiger partial charge in [0, 0.05) is 35.4 Å². The number of nitrogens with zero attached hydrogens (tertiary/aromatic N) is 8. The van der Waals surface area contributed by atoms with E-state index in [1.165, 1.54) is 12.8 Å². The van der Waals surface area contributed by atoms with Crippen molar-refractivity contribution in [1.82, 2.24) is 39.2 Å². The van der Waals surface area contributed by atoms with Crippen LogP contribution >= 0.6 is 15.9 Å². The van der Waals surface area contributed by atoms with E-state index in [9.17, 15) is 0 Å². The van der Waals surface area contributed by atoms with Crippen molar-refractivity contribution in [2.45, 2.75) is 39.5 Å². The fraction of sp³-hybridized carbons (Fsp3) is 0.250. The van der Waals surface area contributed by atoms with Crippen LogP contribution in [-0.4, -0.2) is 39.2 Å². The molecular formula is C24H23BrN8O2. The Morgan fingerprint density at radius 2 is 1.34 bits per heavy atom. The first kappa shape index (κ1) is 22.9. The van der Waals surface area contributed by atoms with E-state index in [0.29, 0.717) is 22.2 Å². The molecule has 0 aliphatic rings. The lowest BCUT2D eigenvalue weighted by atomic mass is 10.2. The molecular weight excluding hydrogens is 512 g/mol. The van der Waals surface area contributed by atoms with Gasteiger partial charge in [-0.3, -0.25) is 8.80 Å². The number of halogens is 1. The summed E-state index contributed by atoms with van der Waals surface area (Å²) < 4.78 is 15.3. The van der Waals surface area contributed by atoms with E-state index in [2.05, 4.69) is 74.0 Å². The molecule has 0 saturated carbocycles. The summed E-state index contributed by atoms with van der Waals surface area (Å²) in [6.45, 7) is 8.37. The molecule has 178 valence electrons. The summed E-state index contributed by atoms with van der Waals surface area (Å²) in [5.74, 6) is 3.97. The highest BCUT2D eigenvalue weighted by Crippen LogP contribution is 2.28. The molecule has 0 atom stereocenters. The predicted octanol–water partition coefficient (Wildman–Crippen LogP) is 5.78. The van der Waals surface area contributed by atoms with Crippen LogP contribution in [0.4, 0.5) is 0 Å². The van der Waals surface area contributed by atoms with Crippen molar-refractivity contribution in [3.8, 4) is 22.6 Å². The second kappa shape index (κ2) is 9.41. The van der Waals surface area contributed by atoms with Gasteiger partial charge in [0.1, 0.15) is 11.6 Å². The fourth-order valence-electron chi connectivity index (χ4n) is 3.66. The zero-order valence-electron chi connectivity index (χ0n) is 19.6. The van der Waals surface area contributed by atoms with Crippen LogP contribution in [0, 0.1) is 0 Å². The van der Waals surface area contributed by atoms with Gasteiger partial charge in [-0.15, -0.1) is 20.4 Å². The first-order valence-corrected chi connectivity index (χ1v) is 11.9. The summed E-state index contributed by atoms with van der Waals surface area (Å²) in [5, 5.41) is 16.6. The van der Waals surface area contributed by atoms with E-state index in [1.54, 1.807) is 6.20 Å². The highest BCUT2D eigenvalue weighted by Gasteiger charge is 2.13. The molecule has 0 spiro atoms. The van der Waals surface area contributed by atoms with Gasteiger partial charge in [0.05, 0.1) is 6.20 Å². The molecule has 35 heavy (non-hydrogen) atoms. The molecule has 0 fully saturated rings. The molecule has 0 aliphatic carbocycles. The number of hydrogen-bond donors (Lipinski definition) is 0. The smallest absolute Gasteiger partial charge is 0.182 e. The molecule has 0 amide bonds. The number of hydrogen-bond acceptors (Lipinski definition) is 8. The van der Waals surface area contributed by atoms with Crippen LogP contribution in [0.25, 0.3) is 33.9 Å². The highest BCUT2D eigenvalue weighted by atomic mass is 79.9. The molecule has 0 aliphatic heterocycles. The first-order chi connectivity index (χ1) is 16.9. The molecule has 11 heteroatoms. The number of aromatic nitrogens is 8. The Balaban J connectivity index is 0.000000145. The lowest BCUT2D eigenvalue weighted by Crippen LogP contribution is -1.97. The summed E-state index contributed by atoms with van der Waals surface area (Å²) in [7, 11) is 0. The van der Waals surface area contributed by atoms with E-state index in [1.807, 2.05) is 45.5 Å². The van der Waals surface area contributed by atoms with E-state index in [-0.39, 0.29) is 0 Å². The van der Waals surface area contributed by atoms with Gasteiger partial charge < -0.3 is 8.83 Å². The minimum atomic E-state index is 0.313. The molecule has 10 nitrogen and oxygen atoms in total. The van der Waals surface area contributed by atoms with Crippen molar-refractivity contribution >= 4 is 27.2 Å². The second-order valence-electron chi connectivity index (χ2n) is 8.56. The third-order valence-corrected chi connectivity index (χ3v) is 5.96. The van der Waals surface area contributed by atoms with Gasteiger partial charge in [0.2, 0.25) is 0 Å². The minimum absolute atomic E-state index is 0.313. The predicted molar refractivity (Wildman–Crippen MR) is 133 cm³/mol. The number of oxazole rings is 2. The molecule has 6 aromatic heterocycles.